The molecule has 152 valence electrons. The summed E-state index contributed by atoms with van der Waals surface area (Å²) < 4.78 is 29.7. The Bertz CT molecular complexity index is 836. The van der Waals surface area contributed by atoms with E-state index in [1.165, 1.54) is 0 Å². The molecule has 1 N–H and O–H groups in total. The van der Waals surface area contributed by atoms with E-state index >= 15 is 0 Å². The first-order valence-corrected chi connectivity index (χ1v) is 11.3. The summed E-state index contributed by atoms with van der Waals surface area (Å²) in [4.78, 5) is 16.1. The highest BCUT2D eigenvalue weighted by molar-refractivity contribution is 7.92. The van der Waals surface area contributed by atoms with Gasteiger partial charge in [-0.25, -0.2) is 8.42 Å². The number of carbonyl (C=O) groups is 1. The van der Waals surface area contributed by atoms with Crippen molar-refractivity contribution in [3.63, 3.8) is 0 Å². The summed E-state index contributed by atoms with van der Waals surface area (Å²) in [6.07, 6.45) is 5.86. The Morgan fingerprint density at radius 3 is 2.57 bits per heavy atom. The zero-order chi connectivity index (χ0) is 20.4. The van der Waals surface area contributed by atoms with Gasteiger partial charge in [0.1, 0.15) is 18.1 Å². The predicted molar refractivity (Wildman–Crippen MR) is 110 cm³/mol. The minimum Gasteiger partial charge on any atom is -0.489 e. The molecule has 0 bridgehead atoms. The average molecular weight is 405 g/mol. The van der Waals surface area contributed by atoms with Crippen molar-refractivity contribution in [3.8, 4) is 5.75 Å². The van der Waals surface area contributed by atoms with Crippen molar-refractivity contribution in [3.05, 3.63) is 59.9 Å². The van der Waals surface area contributed by atoms with Crippen molar-refractivity contribution in [2.45, 2.75) is 45.8 Å². The first-order valence-electron chi connectivity index (χ1n) is 9.51. The fraction of sp³-hybridized carbons (Fsp3) is 0.429. The molecule has 0 saturated carbocycles. The summed E-state index contributed by atoms with van der Waals surface area (Å²) in [5, 5.41) is 2.75. The van der Waals surface area contributed by atoms with Gasteiger partial charge in [-0.15, -0.1) is 0 Å². The summed E-state index contributed by atoms with van der Waals surface area (Å²) >= 11 is 0. The Kier molecular flexibility index (Phi) is 8.44. The highest BCUT2D eigenvalue weighted by atomic mass is 32.2. The van der Waals surface area contributed by atoms with E-state index in [-0.39, 0.29) is 11.8 Å². The van der Waals surface area contributed by atoms with Crippen LogP contribution in [0.25, 0.3) is 0 Å². The van der Waals surface area contributed by atoms with Gasteiger partial charge >= 0.3 is 0 Å². The van der Waals surface area contributed by atoms with Gasteiger partial charge in [0, 0.05) is 18.0 Å². The Morgan fingerprint density at radius 2 is 1.93 bits per heavy atom. The van der Waals surface area contributed by atoms with Gasteiger partial charge in [0.15, 0.2) is 9.84 Å². The molecule has 0 fully saturated rings. The molecule has 2 rings (SSSR count). The van der Waals surface area contributed by atoms with E-state index in [2.05, 4.69) is 10.3 Å². The van der Waals surface area contributed by atoms with Gasteiger partial charge in [0.05, 0.1) is 11.8 Å². The number of unbranched alkanes of at least 4 members (excludes halogenated alkanes) is 2. The second kappa shape index (κ2) is 10.8. The van der Waals surface area contributed by atoms with E-state index in [1.807, 2.05) is 50.2 Å². The van der Waals surface area contributed by atoms with Crippen LogP contribution < -0.4 is 10.1 Å². The van der Waals surface area contributed by atoms with Gasteiger partial charge in [0.2, 0.25) is 5.91 Å². The molecule has 0 aliphatic carbocycles. The Balaban J connectivity index is 1.83. The lowest BCUT2D eigenvalue weighted by Gasteiger charge is -2.15. The zero-order valence-corrected chi connectivity index (χ0v) is 17.2. The Morgan fingerprint density at radius 1 is 1.18 bits per heavy atom. The maximum Gasteiger partial charge on any atom is 0.235 e. The number of sulfone groups is 1. The molecular weight excluding hydrogens is 376 g/mol. The normalized spacial score (nSPS) is 12.4. The molecule has 6 nitrogen and oxygen atoms in total. The third-order valence-corrected chi connectivity index (χ3v) is 5.91. The van der Waals surface area contributed by atoms with Crippen molar-refractivity contribution >= 4 is 15.7 Å². The molecule has 1 heterocycles. The van der Waals surface area contributed by atoms with Crippen LogP contribution in [0.2, 0.25) is 0 Å². The van der Waals surface area contributed by atoms with Gasteiger partial charge < -0.3 is 10.1 Å². The molecule has 0 saturated heterocycles. The van der Waals surface area contributed by atoms with E-state index in [0.717, 1.165) is 24.0 Å². The van der Waals surface area contributed by atoms with Crippen LogP contribution >= 0.6 is 0 Å². The van der Waals surface area contributed by atoms with Crippen LogP contribution in [-0.2, 0) is 21.2 Å². The molecular formula is C21H28N2O4S. The van der Waals surface area contributed by atoms with E-state index < -0.39 is 21.5 Å². The van der Waals surface area contributed by atoms with Crippen molar-refractivity contribution in [1.82, 2.24) is 10.3 Å². The third kappa shape index (κ3) is 7.68. The van der Waals surface area contributed by atoms with Gasteiger partial charge in [-0.1, -0.05) is 38.0 Å². The molecule has 2 aromatic rings. The van der Waals surface area contributed by atoms with Gasteiger partial charge in [-0.3, -0.25) is 9.78 Å². The standard InChI is InChI=1S/C21H28N2O4S/c1-3-4-5-13-28(25,26)16-21(24)23-17(2)19-8-10-20(11-9-19)27-15-18-7-6-12-22-14-18/h6-12,14,17H,3-5,13,15-16H2,1-2H3,(H,23,24). The minimum atomic E-state index is -3.36. The molecule has 1 aromatic heterocycles. The number of carbonyl (C=O) groups excluding carboxylic acids is 1. The number of aromatic nitrogens is 1. The summed E-state index contributed by atoms with van der Waals surface area (Å²) in [6, 6.07) is 10.9. The summed E-state index contributed by atoms with van der Waals surface area (Å²) in [5.74, 6) is -0.163. The van der Waals surface area contributed by atoms with Gasteiger partial charge in [-0.05, 0) is 37.1 Å². The van der Waals surface area contributed by atoms with Gasteiger partial charge in [0.25, 0.3) is 0 Å². The van der Waals surface area contributed by atoms with Crippen molar-refractivity contribution < 1.29 is 17.9 Å². The first kappa shape index (κ1) is 21.9. The number of nitrogens with one attached hydrogen (secondary N) is 1. The molecule has 0 spiro atoms. The maximum absolute atomic E-state index is 12.1. The molecule has 1 aromatic carbocycles. The van der Waals surface area contributed by atoms with E-state index in [0.29, 0.717) is 18.8 Å². The number of ether oxygens (including phenoxy) is 1. The fourth-order valence-corrected chi connectivity index (χ4v) is 3.98. The van der Waals surface area contributed by atoms with Crippen LogP contribution in [0.1, 0.15) is 50.3 Å². The second-order valence-corrected chi connectivity index (χ2v) is 8.99. The Hall–Kier alpha value is -2.41. The lowest BCUT2D eigenvalue weighted by atomic mass is 10.1. The predicted octanol–water partition coefficient (Wildman–Crippen LogP) is 3.44. The molecule has 1 atom stereocenters. The molecule has 7 heteroatoms. The summed E-state index contributed by atoms with van der Waals surface area (Å²) in [7, 11) is -3.36. The topological polar surface area (TPSA) is 85.4 Å². The summed E-state index contributed by atoms with van der Waals surface area (Å²) in [5.41, 5.74) is 1.86. The van der Waals surface area contributed by atoms with E-state index in [4.69, 9.17) is 4.74 Å². The van der Waals surface area contributed by atoms with Crippen LogP contribution in [0.3, 0.4) is 0 Å². The van der Waals surface area contributed by atoms with Crippen molar-refractivity contribution in [2.24, 2.45) is 0 Å². The number of amides is 1. The summed E-state index contributed by atoms with van der Waals surface area (Å²) in [6.45, 7) is 4.26. The average Bonchev–Trinajstić information content (AvgIpc) is 2.67. The minimum absolute atomic E-state index is 0.0611. The number of nitrogens with zero attached hydrogens (tertiary/aromatic N) is 1. The van der Waals surface area contributed by atoms with Gasteiger partial charge in [-0.2, -0.15) is 0 Å². The molecule has 0 aliphatic rings. The Labute approximate surface area is 167 Å². The SMILES string of the molecule is CCCCCS(=O)(=O)CC(=O)NC(C)c1ccc(OCc2cccnc2)cc1. The largest absolute Gasteiger partial charge is 0.489 e. The van der Waals surface area contributed by atoms with E-state index in [9.17, 15) is 13.2 Å². The highest BCUT2D eigenvalue weighted by Gasteiger charge is 2.18. The van der Waals surface area contributed by atoms with Crippen LogP contribution in [0.15, 0.2) is 48.8 Å². The molecule has 0 radical (unpaired) electrons. The van der Waals surface area contributed by atoms with Crippen LogP contribution in [0.5, 0.6) is 5.75 Å². The lowest BCUT2D eigenvalue weighted by Crippen LogP contribution is -2.33. The highest BCUT2D eigenvalue weighted by Crippen LogP contribution is 2.18. The quantitative estimate of drug-likeness (QED) is 0.580. The van der Waals surface area contributed by atoms with Crippen LogP contribution in [0.4, 0.5) is 0 Å². The molecule has 1 unspecified atom stereocenters. The number of pyridine rings is 1. The second-order valence-electron chi connectivity index (χ2n) is 6.81. The first-order chi connectivity index (χ1) is 13.4. The monoisotopic (exact) mass is 404 g/mol. The van der Waals surface area contributed by atoms with Crippen molar-refractivity contribution in [2.75, 3.05) is 11.5 Å². The number of hydrogen-bond acceptors (Lipinski definition) is 5. The molecule has 0 aliphatic heterocycles. The smallest absolute Gasteiger partial charge is 0.235 e. The lowest BCUT2D eigenvalue weighted by molar-refractivity contribution is -0.119. The maximum atomic E-state index is 12.1. The third-order valence-electron chi connectivity index (χ3n) is 4.30. The number of benzene rings is 1. The van der Waals surface area contributed by atoms with E-state index in [1.54, 1.807) is 12.4 Å². The zero-order valence-electron chi connectivity index (χ0n) is 16.4. The van der Waals surface area contributed by atoms with Crippen LogP contribution in [-0.4, -0.2) is 30.8 Å². The molecule has 1 amide bonds. The number of rotatable bonds is 11. The number of hydrogen-bond donors (Lipinski definition) is 1. The van der Waals surface area contributed by atoms with Crippen molar-refractivity contribution in [1.29, 1.82) is 0 Å². The van der Waals surface area contributed by atoms with Crippen LogP contribution in [0, 0.1) is 0 Å². The molecule has 28 heavy (non-hydrogen) atoms. The fourth-order valence-electron chi connectivity index (χ4n) is 2.71.